The second-order valence-corrected chi connectivity index (χ2v) is 10.7. The van der Waals surface area contributed by atoms with Crippen molar-refractivity contribution in [3.63, 3.8) is 0 Å². The lowest BCUT2D eigenvalue weighted by Crippen LogP contribution is -2.41. The third-order valence-electron chi connectivity index (χ3n) is 5.48. The molecule has 1 aliphatic heterocycles. The average molecular weight is 485 g/mol. The number of hydrogen-bond acceptors (Lipinski definition) is 6. The maximum atomic E-state index is 13.3. The number of nitrogens with one attached hydrogen (secondary N) is 1. The molecule has 0 bridgehead atoms. The second-order valence-electron chi connectivity index (χ2n) is 7.64. The lowest BCUT2D eigenvalue weighted by molar-refractivity contribution is -0.149. The zero-order valence-electron chi connectivity index (χ0n) is 17.8. The van der Waals surface area contributed by atoms with Gasteiger partial charge in [0.1, 0.15) is 4.21 Å². The lowest BCUT2D eigenvalue weighted by Gasteiger charge is -2.35. The lowest BCUT2D eigenvalue weighted by atomic mass is 9.92. The molecule has 172 valence electrons. The highest BCUT2D eigenvalue weighted by Gasteiger charge is 2.38. The van der Waals surface area contributed by atoms with Crippen LogP contribution in [-0.4, -0.2) is 37.8 Å². The van der Waals surface area contributed by atoms with Gasteiger partial charge in [0, 0.05) is 13.1 Å². The fourth-order valence-corrected chi connectivity index (χ4v) is 6.59. The number of ether oxygens (including phenoxy) is 1. The second kappa shape index (κ2) is 10.3. The summed E-state index contributed by atoms with van der Waals surface area (Å²) in [5, 5.41) is 4.41. The minimum atomic E-state index is -3.76. The number of sulfonamides is 1. The molecule has 0 fully saturated rings. The monoisotopic (exact) mass is 484 g/mol. The Balaban J connectivity index is 1.43. The maximum absolute atomic E-state index is 13.3. The van der Waals surface area contributed by atoms with E-state index < -0.39 is 34.5 Å². The standard InChI is InChI=1S/C24H24N2O5S2/c27-22(25-16-18-7-2-1-3-8-18)17-31-23(28)15-21-20-10-5-4-9-19(20)12-13-26(21)33(29,30)24-11-6-14-32-24/h1-11,14,21H,12-13,15-17H2,(H,25,27)/t21-/m0/s1. The van der Waals surface area contributed by atoms with E-state index in [1.54, 1.807) is 17.5 Å². The van der Waals surface area contributed by atoms with E-state index in [4.69, 9.17) is 4.74 Å². The normalized spacial score (nSPS) is 16.1. The number of benzene rings is 2. The molecule has 1 N–H and O–H groups in total. The number of esters is 1. The molecule has 0 saturated carbocycles. The number of fused-ring (bicyclic) bond motifs is 1. The number of rotatable bonds is 8. The van der Waals surface area contributed by atoms with Crippen LogP contribution in [0.25, 0.3) is 0 Å². The van der Waals surface area contributed by atoms with Crippen LogP contribution in [-0.2, 0) is 37.3 Å². The van der Waals surface area contributed by atoms with Gasteiger partial charge in [-0.05, 0) is 34.6 Å². The largest absolute Gasteiger partial charge is 0.456 e. The fourth-order valence-electron chi connectivity index (χ4n) is 3.86. The minimum absolute atomic E-state index is 0.173. The molecule has 0 aliphatic carbocycles. The van der Waals surface area contributed by atoms with Crippen molar-refractivity contribution in [3.05, 3.63) is 88.8 Å². The molecule has 33 heavy (non-hydrogen) atoms. The van der Waals surface area contributed by atoms with Gasteiger partial charge in [-0.25, -0.2) is 8.42 Å². The summed E-state index contributed by atoms with van der Waals surface area (Å²) < 4.78 is 33.3. The van der Waals surface area contributed by atoms with Crippen LogP contribution in [0, 0.1) is 0 Å². The van der Waals surface area contributed by atoms with Crippen LogP contribution in [0.2, 0.25) is 0 Å². The summed E-state index contributed by atoms with van der Waals surface area (Å²) in [5.41, 5.74) is 2.73. The molecule has 1 atom stereocenters. The molecule has 0 radical (unpaired) electrons. The highest BCUT2D eigenvalue weighted by molar-refractivity contribution is 7.91. The first-order valence-electron chi connectivity index (χ1n) is 10.5. The highest BCUT2D eigenvalue weighted by atomic mass is 32.2. The fraction of sp³-hybridized carbons (Fsp3) is 0.250. The number of thiophene rings is 1. The zero-order chi connectivity index (χ0) is 23.3. The Morgan fingerprint density at radius 2 is 1.79 bits per heavy atom. The van der Waals surface area contributed by atoms with E-state index >= 15 is 0 Å². The molecule has 9 heteroatoms. The SMILES string of the molecule is O=C(COC(=O)C[C@H]1c2ccccc2CCN1S(=O)(=O)c1cccs1)NCc1ccccc1. The van der Waals surface area contributed by atoms with Gasteiger partial charge in [0.25, 0.3) is 15.9 Å². The van der Waals surface area contributed by atoms with Crippen LogP contribution in [0.5, 0.6) is 0 Å². The molecule has 2 heterocycles. The quantitative estimate of drug-likeness (QED) is 0.496. The van der Waals surface area contributed by atoms with Gasteiger partial charge >= 0.3 is 5.97 Å². The average Bonchev–Trinajstić information content (AvgIpc) is 3.38. The Morgan fingerprint density at radius 3 is 2.55 bits per heavy atom. The van der Waals surface area contributed by atoms with Gasteiger partial charge in [-0.15, -0.1) is 11.3 Å². The van der Waals surface area contributed by atoms with E-state index in [1.165, 1.54) is 4.31 Å². The first-order valence-corrected chi connectivity index (χ1v) is 12.9. The summed E-state index contributed by atoms with van der Waals surface area (Å²) in [7, 11) is -3.76. The number of nitrogens with zero attached hydrogens (tertiary/aromatic N) is 1. The third kappa shape index (κ3) is 5.50. The van der Waals surface area contributed by atoms with Crippen molar-refractivity contribution in [3.8, 4) is 0 Å². The number of amides is 1. The molecule has 1 aromatic heterocycles. The van der Waals surface area contributed by atoms with Crippen molar-refractivity contribution in [1.29, 1.82) is 0 Å². The van der Waals surface area contributed by atoms with E-state index in [0.29, 0.717) is 13.0 Å². The van der Waals surface area contributed by atoms with Crippen LogP contribution in [0.3, 0.4) is 0 Å². The van der Waals surface area contributed by atoms with Gasteiger partial charge in [-0.2, -0.15) is 4.31 Å². The van der Waals surface area contributed by atoms with E-state index in [2.05, 4.69) is 5.32 Å². The van der Waals surface area contributed by atoms with Crippen LogP contribution in [0.15, 0.2) is 76.3 Å². The molecule has 1 aliphatic rings. The van der Waals surface area contributed by atoms with Crippen LogP contribution in [0.1, 0.15) is 29.2 Å². The van der Waals surface area contributed by atoms with Crippen LogP contribution >= 0.6 is 11.3 Å². The summed E-state index contributed by atoms with van der Waals surface area (Å²) in [4.78, 5) is 24.7. The molecule has 3 aromatic rings. The van der Waals surface area contributed by atoms with E-state index in [-0.39, 0.29) is 17.2 Å². The first-order chi connectivity index (χ1) is 15.9. The topological polar surface area (TPSA) is 92.8 Å². The Labute approximate surface area is 197 Å². The van der Waals surface area contributed by atoms with Gasteiger partial charge in [0.05, 0.1) is 12.5 Å². The Kier molecular flexibility index (Phi) is 7.22. The molecule has 0 saturated heterocycles. The van der Waals surface area contributed by atoms with Gasteiger partial charge in [-0.3, -0.25) is 9.59 Å². The number of hydrogen-bond donors (Lipinski definition) is 1. The van der Waals surface area contributed by atoms with Crippen molar-refractivity contribution in [2.75, 3.05) is 13.2 Å². The van der Waals surface area contributed by atoms with Gasteiger partial charge in [0.15, 0.2) is 6.61 Å². The van der Waals surface area contributed by atoms with Crippen molar-refractivity contribution in [2.24, 2.45) is 0 Å². The molecule has 0 spiro atoms. The maximum Gasteiger partial charge on any atom is 0.308 e. The summed E-state index contributed by atoms with van der Waals surface area (Å²) in [6.07, 6.45) is 0.391. The molecule has 2 aromatic carbocycles. The van der Waals surface area contributed by atoms with Crippen LogP contribution < -0.4 is 5.32 Å². The van der Waals surface area contributed by atoms with Gasteiger partial charge in [0.2, 0.25) is 0 Å². The van der Waals surface area contributed by atoms with Gasteiger partial charge in [-0.1, -0.05) is 60.7 Å². The summed E-state index contributed by atoms with van der Waals surface area (Å²) in [6, 6.07) is 19.5. The molecule has 4 rings (SSSR count). The van der Waals surface area contributed by atoms with Crippen LogP contribution in [0.4, 0.5) is 0 Å². The van der Waals surface area contributed by atoms with Gasteiger partial charge < -0.3 is 10.1 Å². The smallest absolute Gasteiger partial charge is 0.308 e. The molecular weight excluding hydrogens is 460 g/mol. The summed E-state index contributed by atoms with van der Waals surface area (Å²) in [5.74, 6) is -1.04. The van der Waals surface area contributed by atoms with E-state index in [0.717, 1.165) is 28.0 Å². The van der Waals surface area contributed by atoms with Crippen molar-refractivity contribution < 1.29 is 22.7 Å². The predicted molar refractivity (Wildman–Crippen MR) is 125 cm³/mol. The number of carbonyl (C=O) groups excluding carboxylic acids is 2. The summed E-state index contributed by atoms with van der Waals surface area (Å²) in [6.45, 7) is 0.185. The zero-order valence-corrected chi connectivity index (χ0v) is 19.5. The number of carbonyl (C=O) groups is 2. The highest BCUT2D eigenvalue weighted by Crippen LogP contribution is 2.37. The van der Waals surface area contributed by atoms with Crippen molar-refractivity contribution in [2.45, 2.75) is 29.6 Å². The third-order valence-corrected chi connectivity index (χ3v) is 8.76. The molecular formula is C24H24N2O5S2. The predicted octanol–water partition coefficient (Wildman–Crippen LogP) is 3.29. The molecule has 0 unspecified atom stereocenters. The van der Waals surface area contributed by atoms with E-state index in [1.807, 2.05) is 54.6 Å². The van der Waals surface area contributed by atoms with Crippen molar-refractivity contribution in [1.82, 2.24) is 9.62 Å². The minimum Gasteiger partial charge on any atom is -0.456 e. The molecule has 7 nitrogen and oxygen atoms in total. The summed E-state index contributed by atoms with van der Waals surface area (Å²) >= 11 is 1.14. The first kappa shape index (κ1) is 23.2. The Hall–Kier alpha value is -3.01. The Bertz CT molecular complexity index is 1210. The Morgan fingerprint density at radius 1 is 1.03 bits per heavy atom. The van der Waals surface area contributed by atoms with E-state index in [9.17, 15) is 18.0 Å². The molecule has 1 amide bonds. The van der Waals surface area contributed by atoms with Crippen molar-refractivity contribution >= 4 is 33.2 Å².